The lowest BCUT2D eigenvalue weighted by Crippen LogP contribution is -2.45. The van der Waals surface area contributed by atoms with E-state index in [0.717, 1.165) is 33.5 Å². The van der Waals surface area contributed by atoms with Gasteiger partial charge in [-0.3, -0.25) is 4.90 Å². The first-order valence-corrected chi connectivity index (χ1v) is 11.9. The molecule has 188 valence electrons. The molecule has 1 aliphatic heterocycles. The van der Waals surface area contributed by atoms with Gasteiger partial charge in [0.2, 0.25) is 5.82 Å². The van der Waals surface area contributed by atoms with Gasteiger partial charge in [-0.25, -0.2) is 4.79 Å². The van der Waals surface area contributed by atoms with E-state index in [9.17, 15) is 4.79 Å². The number of aryl methyl sites for hydroxylation is 1. The number of hydrogen-bond acceptors (Lipinski definition) is 6. The molecule has 3 aromatic carbocycles. The summed E-state index contributed by atoms with van der Waals surface area (Å²) in [4.78, 5) is 19.8. The first-order chi connectivity index (χ1) is 18.0. The van der Waals surface area contributed by atoms with E-state index in [1.54, 1.807) is 19.1 Å². The van der Waals surface area contributed by atoms with Crippen LogP contribution in [-0.4, -0.2) is 35.3 Å². The highest BCUT2D eigenvalue weighted by molar-refractivity contribution is 5.87. The van der Waals surface area contributed by atoms with Gasteiger partial charge in [-0.05, 0) is 49.2 Å². The van der Waals surface area contributed by atoms with Gasteiger partial charge in [-0.2, -0.15) is 4.98 Å². The Labute approximate surface area is 215 Å². The number of aromatic nitrogens is 2. The van der Waals surface area contributed by atoms with Crippen LogP contribution in [0, 0.1) is 6.92 Å². The first-order valence-electron chi connectivity index (χ1n) is 11.9. The number of ether oxygens (including phenoxy) is 2. The Kier molecular flexibility index (Phi) is 6.64. The molecule has 0 fully saturated rings. The van der Waals surface area contributed by atoms with Crippen LogP contribution in [0.2, 0.25) is 0 Å². The molecule has 8 nitrogen and oxygen atoms in total. The van der Waals surface area contributed by atoms with Crippen LogP contribution in [-0.2, 0) is 6.54 Å². The van der Waals surface area contributed by atoms with E-state index >= 15 is 0 Å². The second kappa shape index (κ2) is 10.2. The molecule has 1 atom stereocenters. The van der Waals surface area contributed by atoms with Crippen LogP contribution in [0.4, 0.5) is 4.79 Å². The fraction of sp³-hybridized carbons (Fsp3) is 0.207. The Hall–Kier alpha value is -4.59. The molecule has 1 N–H and O–H groups in total. The van der Waals surface area contributed by atoms with Crippen molar-refractivity contribution >= 4 is 11.6 Å². The Morgan fingerprint density at radius 1 is 0.946 bits per heavy atom. The van der Waals surface area contributed by atoms with Crippen molar-refractivity contribution in [1.82, 2.24) is 20.4 Å². The van der Waals surface area contributed by atoms with Gasteiger partial charge in [-0.15, -0.1) is 0 Å². The maximum atomic E-state index is 13.4. The van der Waals surface area contributed by atoms with Crippen molar-refractivity contribution in [1.29, 1.82) is 0 Å². The van der Waals surface area contributed by atoms with Crippen molar-refractivity contribution in [2.24, 2.45) is 0 Å². The SMILES string of the molecule is COc1cccc(-c2noc(C3=C(C)N(Cc4ccc(C)cc4)C(=O)NC3c3cccc(OC)c3)n2)c1. The Balaban J connectivity index is 1.59. The summed E-state index contributed by atoms with van der Waals surface area (Å²) in [5.74, 6) is 2.15. The van der Waals surface area contributed by atoms with E-state index in [-0.39, 0.29) is 6.03 Å². The summed E-state index contributed by atoms with van der Waals surface area (Å²) in [5, 5.41) is 7.38. The van der Waals surface area contributed by atoms with Crippen molar-refractivity contribution in [2.45, 2.75) is 26.4 Å². The molecule has 2 heterocycles. The lowest BCUT2D eigenvalue weighted by Gasteiger charge is -2.35. The van der Waals surface area contributed by atoms with E-state index in [0.29, 0.717) is 29.8 Å². The van der Waals surface area contributed by atoms with Crippen molar-refractivity contribution in [3.8, 4) is 22.9 Å². The zero-order valence-corrected chi connectivity index (χ0v) is 21.2. The van der Waals surface area contributed by atoms with E-state index in [1.165, 1.54) is 0 Å². The molecule has 0 bridgehead atoms. The van der Waals surface area contributed by atoms with Gasteiger partial charge in [0, 0.05) is 11.3 Å². The van der Waals surface area contributed by atoms with Crippen molar-refractivity contribution in [3.05, 3.63) is 101 Å². The average molecular weight is 497 g/mol. The maximum Gasteiger partial charge on any atom is 0.322 e. The molecule has 0 spiro atoms. The molecule has 8 heteroatoms. The molecule has 0 saturated heterocycles. The molecule has 5 rings (SSSR count). The number of benzene rings is 3. The molecule has 0 aliphatic carbocycles. The second-order valence-corrected chi connectivity index (χ2v) is 8.89. The fourth-order valence-electron chi connectivity index (χ4n) is 4.41. The number of methoxy groups -OCH3 is 2. The zero-order valence-electron chi connectivity index (χ0n) is 21.2. The lowest BCUT2D eigenvalue weighted by molar-refractivity contribution is 0.203. The molecule has 2 amide bonds. The molecule has 1 unspecified atom stereocenters. The monoisotopic (exact) mass is 496 g/mol. The van der Waals surface area contributed by atoms with Crippen molar-refractivity contribution < 1.29 is 18.8 Å². The highest BCUT2D eigenvalue weighted by Crippen LogP contribution is 2.38. The summed E-state index contributed by atoms with van der Waals surface area (Å²) in [7, 11) is 3.23. The predicted octanol–water partition coefficient (Wildman–Crippen LogP) is 5.76. The number of hydrogen-bond donors (Lipinski definition) is 1. The number of nitrogens with zero attached hydrogens (tertiary/aromatic N) is 3. The van der Waals surface area contributed by atoms with Crippen molar-refractivity contribution in [2.75, 3.05) is 14.2 Å². The number of carbonyl (C=O) groups is 1. The highest BCUT2D eigenvalue weighted by atomic mass is 16.5. The van der Waals surface area contributed by atoms with Crippen molar-refractivity contribution in [3.63, 3.8) is 0 Å². The largest absolute Gasteiger partial charge is 0.497 e. The van der Waals surface area contributed by atoms with Crippen LogP contribution in [0.5, 0.6) is 11.5 Å². The Morgan fingerprint density at radius 3 is 2.38 bits per heavy atom. The molecule has 1 aromatic heterocycles. The minimum absolute atomic E-state index is 0.206. The number of urea groups is 1. The molecule has 1 aliphatic rings. The van der Waals surface area contributed by atoms with E-state index in [1.807, 2.05) is 86.6 Å². The summed E-state index contributed by atoms with van der Waals surface area (Å²) >= 11 is 0. The second-order valence-electron chi connectivity index (χ2n) is 8.89. The summed E-state index contributed by atoms with van der Waals surface area (Å²) in [6.45, 7) is 4.35. The molecule has 0 radical (unpaired) electrons. The number of carbonyl (C=O) groups excluding carboxylic acids is 1. The number of amides is 2. The van der Waals surface area contributed by atoms with Gasteiger partial charge < -0.3 is 19.3 Å². The first kappa shape index (κ1) is 24.1. The van der Waals surface area contributed by atoms with Gasteiger partial charge >= 0.3 is 6.03 Å². The van der Waals surface area contributed by atoms with Crippen LogP contribution in [0.3, 0.4) is 0 Å². The van der Waals surface area contributed by atoms with Crippen LogP contribution < -0.4 is 14.8 Å². The summed E-state index contributed by atoms with van der Waals surface area (Å²) in [6, 6.07) is 22.5. The van der Waals surface area contributed by atoms with Gasteiger partial charge in [-0.1, -0.05) is 59.3 Å². The Bertz CT molecular complexity index is 1460. The number of allylic oxidation sites excluding steroid dienone is 1. The third-order valence-electron chi connectivity index (χ3n) is 6.47. The normalized spacial score (nSPS) is 15.5. The highest BCUT2D eigenvalue weighted by Gasteiger charge is 2.36. The topological polar surface area (TPSA) is 89.7 Å². The van der Waals surface area contributed by atoms with Crippen LogP contribution >= 0.6 is 0 Å². The summed E-state index contributed by atoms with van der Waals surface area (Å²) < 4.78 is 16.6. The maximum absolute atomic E-state index is 13.4. The minimum Gasteiger partial charge on any atom is -0.497 e. The number of nitrogens with one attached hydrogen (secondary N) is 1. The Morgan fingerprint density at radius 2 is 1.65 bits per heavy atom. The van der Waals surface area contributed by atoms with E-state index in [4.69, 9.17) is 19.0 Å². The van der Waals surface area contributed by atoms with Crippen LogP contribution in [0.15, 0.2) is 83.0 Å². The molecular formula is C29H28N4O4. The molecule has 0 saturated carbocycles. The summed E-state index contributed by atoms with van der Waals surface area (Å²) in [5.41, 5.74) is 5.25. The van der Waals surface area contributed by atoms with Gasteiger partial charge in [0.1, 0.15) is 11.5 Å². The summed E-state index contributed by atoms with van der Waals surface area (Å²) in [6.07, 6.45) is 0. The molecular weight excluding hydrogens is 468 g/mol. The number of rotatable bonds is 7. The van der Waals surface area contributed by atoms with Crippen LogP contribution in [0.1, 0.15) is 35.5 Å². The van der Waals surface area contributed by atoms with E-state index in [2.05, 4.69) is 10.5 Å². The third kappa shape index (κ3) is 4.91. The standard InChI is InChI=1S/C29H28N4O4/c1-18-11-13-20(14-12-18)17-33-19(2)25(26(30-29(33)34)21-7-5-9-23(15-21)35-3)28-31-27(32-37-28)22-8-6-10-24(16-22)36-4/h5-16,26H,17H2,1-4H3,(H,30,34). The van der Waals surface area contributed by atoms with Gasteiger partial charge in [0.05, 0.1) is 32.4 Å². The fourth-order valence-corrected chi connectivity index (χ4v) is 4.41. The zero-order chi connectivity index (χ0) is 25.9. The molecule has 37 heavy (non-hydrogen) atoms. The lowest BCUT2D eigenvalue weighted by atomic mass is 9.94. The average Bonchev–Trinajstić information content (AvgIpc) is 3.41. The van der Waals surface area contributed by atoms with Crippen LogP contribution in [0.25, 0.3) is 17.0 Å². The third-order valence-corrected chi connectivity index (χ3v) is 6.47. The van der Waals surface area contributed by atoms with Gasteiger partial charge in [0.25, 0.3) is 5.89 Å². The minimum atomic E-state index is -0.504. The molecule has 4 aromatic rings. The van der Waals surface area contributed by atoms with E-state index < -0.39 is 6.04 Å². The van der Waals surface area contributed by atoms with Gasteiger partial charge in [0.15, 0.2) is 0 Å². The smallest absolute Gasteiger partial charge is 0.322 e. The predicted molar refractivity (Wildman–Crippen MR) is 140 cm³/mol. The quantitative estimate of drug-likeness (QED) is 0.350.